The maximum Gasteiger partial charge on any atom is 0.311 e. The normalized spacial score (nSPS) is 10.5. The lowest BCUT2D eigenvalue weighted by atomic mass is 10.3. The minimum atomic E-state index is -0.995. The van der Waals surface area contributed by atoms with Crippen molar-refractivity contribution < 1.29 is 19.6 Å². The molecule has 0 fully saturated rings. The summed E-state index contributed by atoms with van der Waals surface area (Å²) in [4.78, 5) is 25.8. The Labute approximate surface area is 140 Å². The molecule has 2 aromatic heterocycles. The predicted octanol–water partition coefficient (Wildman–Crippen LogP) is -1.63. The second-order valence-electron chi connectivity index (χ2n) is 5.42. The van der Waals surface area contributed by atoms with E-state index in [0.717, 1.165) is 18.7 Å². The van der Waals surface area contributed by atoms with Crippen molar-refractivity contribution in [3.8, 4) is 0 Å². The molecule has 3 N–H and O–H groups in total. The highest BCUT2D eigenvalue weighted by atomic mass is 16.4. The number of nitrogens with two attached hydrogens (primary N) is 1. The first-order valence-electron chi connectivity index (χ1n) is 7.78. The minimum absolute atomic E-state index is 0.111. The number of nitrogens with zero attached hydrogens (tertiary/aromatic N) is 4. The lowest BCUT2D eigenvalue weighted by Crippen LogP contribution is -2.37. The van der Waals surface area contributed by atoms with E-state index in [2.05, 4.69) is 4.98 Å². The van der Waals surface area contributed by atoms with Crippen LogP contribution in [-0.4, -0.2) is 31.8 Å². The standard InChI is InChI=1S/C12H19N5O2.C3H6O2/c1-8-15(2)9-10(17(8)6-4-5-7-18)14-12(13)16(3)11(9)19;1-2-3(4)5/h18H,4-7H2,1-3H3,(H-,13,14,19);2H2,1H3,(H,4,5). The van der Waals surface area contributed by atoms with Gasteiger partial charge in [0.05, 0.1) is 13.6 Å². The molecular formula is C15H25N5O4. The summed E-state index contributed by atoms with van der Waals surface area (Å²) in [6.07, 6.45) is 1.67. The van der Waals surface area contributed by atoms with Crippen LogP contribution in [0.1, 0.15) is 32.0 Å². The molecule has 2 aromatic rings. The van der Waals surface area contributed by atoms with Crippen LogP contribution in [0, 0.1) is 6.92 Å². The number of aliphatic hydroxyl groups is 1. The van der Waals surface area contributed by atoms with Gasteiger partial charge in [-0.05, 0) is 19.3 Å². The molecule has 134 valence electrons. The van der Waals surface area contributed by atoms with Crippen LogP contribution >= 0.6 is 0 Å². The molecule has 0 atom stereocenters. The Hall–Kier alpha value is -2.42. The Bertz CT molecular complexity index is 778. The van der Waals surface area contributed by atoms with E-state index in [0.29, 0.717) is 17.7 Å². The average molecular weight is 339 g/mol. The van der Waals surface area contributed by atoms with Crippen molar-refractivity contribution in [3.63, 3.8) is 0 Å². The summed E-state index contributed by atoms with van der Waals surface area (Å²) in [6.45, 7) is 4.36. The Balaban J connectivity index is 0.000000505. The molecular weight excluding hydrogens is 314 g/mol. The molecule has 0 spiro atoms. The van der Waals surface area contributed by atoms with Gasteiger partial charge in [0.25, 0.3) is 5.95 Å². The Kier molecular flexibility index (Phi) is 6.90. The maximum absolute atomic E-state index is 12.2. The van der Waals surface area contributed by atoms with Gasteiger partial charge >= 0.3 is 11.2 Å². The highest BCUT2D eigenvalue weighted by Gasteiger charge is 2.24. The van der Waals surface area contributed by atoms with E-state index in [-0.39, 0.29) is 24.5 Å². The zero-order valence-electron chi connectivity index (χ0n) is 14.6. The summed E-state index contributed by atoms with van der Waals surface area (Å²) in [5, 5.41) is 18.1. The number of hydrogen-bond acceptors (Lipinski definition) is 6. The summed E-state index contributed by atoms with van der Waals surface area (Å²) in [6, 6.07) is 0. The first-order valence-corrected chi connectivity index (χ1v) is 7.78. The van der Waals surface area contributed by atoms with Gasteiger partial charge in [-0.1, -0.05) is 11.9 Å². The van der Waals surface area contributed by atoms with Crippen LogP contribution in [-0.2, 0) is 25.4 Å². The van der Waals surface area contributed by atoms with Gasteiger partial charge in [0.15, 0.2) is 0 Å². The number of carboxylic acid groups (broad SMARTS) is 1. The number of aryl methyl sites for hydroxylation is 2. The molecule has 0 saturated heterocycles. The fourth-order valence-electron chi connectivity index (χ4n) is 2.22. The van der Waals surface area contributed by atoms with Gasteiger partial charge in [0, 0.05) is 26.5 Å². The Morgan fingerprint density at radius 1 is 1.33 bits per heavy atom. The van der Waals surface area contributed by atoms with Crippen LogP contribution < -0.4 is 21.0 Å². The number of hydrogen-bond donors (Lipinski definition) is 2. The molecule has 0 radical (unpaired) electrons. The van der Waals surface area contributed by atoms with Crippen LogP contribution in [0.25, 0.3) is 11.2 Å². The van der Waals surface area contributed by atoms with Crippen LogP contribution in [0.4, 0.5) is 5.95 Å². The van der Waals surface area contributed by atoms with Gasteiger partial charge in [0.1, 0.15) is 0 Å². The van der Waals surface area contributed by atoms with Crippen LogP contribution in [0.15, 0.2) is 4.79 Å². The smallest absolute Gasteiger partial charge is 0.311 e. The number of aliphatic carboxylic acids is 1. The topological polar surface area (TPSA) is 130 Å². The summed E-state index contributed by atoms with van der Waals surface area (Å²) in [5.41, 5.74) is 6.78. The van der Waals surface area contributed by atoms with Gasteiger partial charge in [-0.25, -0.2) is 4.57 Å². The molecule has 0 aliphatic carbocycles. The number of unbranched alkanes of at least 4 members (excludes halogenated alkanes) is 1. The average Bonchev–Trinajstić information content (AvgIpc) is 2.78. The highest BCUT2D eigenvalue weighted by Crippen LogP contribution is 2.08. The number of aliphatic hydroxyl groups excluding tert-OH is 1. The second kappa shape index (κ2) is 8.44. The molecule has 0 amide bonds. The number of carbonyl (C=O) groups is 1. The van der Waals surface area contributed by atoms with E-state index >= 15 is 0 Å². The predicted molar refractivity (Wildman–Crippen MR) is 86.9 cm³/mol. The maximum atomic E-state index is 12.2. The fourth-order valence-corrected chi connectivity index (χ4v) is 2.22. The van der Waals surface area contributed by atoms with Crippen molar-refractivity contribution in [1.29, 1.82) is 0 Å². The number of carbonyl (C=O) groups excluding carboxylic acids is 1. The molecule has 0 unspecified atom stereocenters. The fraction of sp³-hybridized carbons (Fsp3) is 0.600. The van der Waals surface area contributed by atoms with Crippen LogP contribution in [0.3, 0.4) is 0 Å². The molecule has 0 bridgehead atoms. The first kappa shape index (κ1) is 19.6. The molecule has 0 saturated carbocycles. The number of aromatic nitrogens is 4. The van der Waals surface area contributed by atoms with Crippen molar-refractivity contribution >= 4 is 23.1 Å². The third kappa shape index (κ3) is 4.10. The minimum Gasteiger partial charge on any atom is -0.550 e. The number of rotatable bonds is 5. The third-order valence-electron chi connectivity index (χ3n) is 3.83. The molecule has 9 nitrogen and oxygen atoms in total. The molecule has 2 heterocycles. The Morgan fingerprint density at radius 2 is 1.92 bits per heavy atom. The quantitative estimate of drug-likeness (QED) is 0.497. The van der Waals surface area contributed by atoms with Crippen molar-refractivity contribution in [3.05, 3.63) is 16.2 Å². The number of fused-ring (bicyclic) bond motifs is 1. The van der Waals surface area contributed by atoms with Crippen LogP contribution in [0.2, 0.25) is 0 Å². The second-order valence-corrected chi connectivity index (χ2v) is 5.42. The molecule has 9 heteroatoms. The number of imidazole rings is 1. The van der Waals surface area contributed by atoms with Gasteiger partial charge in [0.2, 0.25) is 11.3 Å². The first-order chi connectivity index (χ1) is 11.3. The summed E-state index contributed by atoms with van der Waals surface area (Å²) >= 11 is 0. The monoisotopic (exact) mass is 339 g/mol. The molecule has 0 aliphatic heterocycles. The highest BCUT2D eigenvalue weighted by molar-refractivity contribution is 5.68. The lowest BCUT2D eigenvalue weighted by molar-refractivity contribution is -0.680. The molecule has 2 rings (SSSR count). The van der Waals surface area contributed by atoms with Crippen LogP contribution in [0.5, 0.6) is 0 Å². The molecule has 0 aromatic carbocycles. The zero-order valence-corrected chi connectivity index (χ0v) is 14.6. The number of anilines is 1. The third-order valence-corrected chi connectivity index (χ3v) is 3.83. The zero-order chi connectivity index (χ0) is 18.4. The molecule has 0 aliphatic rings. The van der Waals surface area contributed by atoms with Crippen molar-refractivity contribution in [1.82, 2.24) is 14.1 Å². The van der Waals surface area contributed by atoms with E-state index in [4.69, 9.17) is 10.8 Å². The van der Waals surface area contributed by atoms with Crippen molar-refractivity contribution in [2.45, 2.75) is 39.7 Å². The van der Waals surface area contributed by atoms with E-state index < -0.39 is 5.97 Å². The van der Waals surface area contributed by atoms with E-state index in [1.165, 1.54) is 11.5 Å². The van der Waals surface area contributed by atoms with Crippen molar-refractivity contribution in [2.75, 3.05) is 12.3 Å². The number of nitrogen functional groups attached to an aromatic ring is 1. The summed E-state index contributed by atoms with van der Waals surface area (Å²) in [5.74, 6) is 0.159. The van der Waals surface area contributed by atoms with E-state index in [1.807, 2.05) is 23.1 Å². The van der Waals surface area contributed by atoms with Gasteiger partial charge in [-0.3, -0.25) is 13.9 Å². The van der Waals surface area contributed by atoms with Gasteiger partial charge in [-0.15, -0.1) is 0 Å². The molecule has 24 heavy (non-hydrogen) atoms. The van der Waals surface area contributed by atoms with Gasteiger partial charge < -0.3 is 20.7 Å². The van der Waals surface area contributed by atoms with Crippen molar-refractivity contribution in [2.24, 2.45) is 14.1 Å². The SMILES string of the molecule is CCC(=O)[O-].Cc1n(C)c2c(=O)n(C)c(N)nc2[n+]1CCCCO. The van der Waals surface area contributed by atoms with Gasteiger partial charge in [-0.2, -0.15) is 0 Å². The lowest BCUT2D eigenvalue weighted by Gasteiger charge is -2.00. The van der Waals surface area contributed by atoms with E-state index in [9.17, 15) is 14.7 Å². The summed E-state index contributed by atoms with van der Waals surface area (Å²) < 4.78 is 5.16. The Morgan fingerprint density at radius 3 is 2.42 bits per heavy atom. The number of carboxylic acids is 1. The largest absolute Gasteiger partial charge is 0.550 e. The van der Waals surface area contributed by atoms with E-state index in [1.54, 1.807) is 7.05 Å². The summed E-state index contributed by atoms with van der Waals surface area (Å²) in [7, 11) is 3.46.